The molecule has 1 heterocycles. The summed E-state index contributed by atoms with van der Waals surface area (Å²) >= 11 is 0. The zero-order valence-corrected chi connectivity index (χ0v) is 17.2. The second kappa shape index (κ2) is 7.67. The molecule has 8 nitrogen and oxygen atoms in total. The van der Waals surface area contributed by atoms with Crippen molar-refractivity contribution < 1.29 is 40.1 Å². The van der Waals surface area contributed by atoms with Crippen molar-refractivity contribution in [1.29, 1.82) is 0 Å². The first-order valence-corrected chi connectivity index (χ1v) is 10.9. The van der Waals surface area contributed by atoms with Crippen LogP contribution in [0.2, 0.25) is 0 Å². The molecular weight excluding hydrogens is 380 g/mol. The van der Waals surface area contributed by atoms with Gasteiger partial charge in [-0.3, -0.25) is 0 Å². The van der Waals surface area contributed by atoms with Crippen molar-refractivity contribution in [2.45, 2.75) is 75.8 Å². The van der Waals surface area contributed by atoms with Crippen molar-refractivity contribution in [1.82, 2.24) is 0 Å². The number of fused-ring (bicyclic) bond motifs is 3. The summed E-state index contributed by atoms with van der Waals surface area (Å²) < 4.78 is 11.2. The van der Waals surface area contributed by atoms with Crippen molar-refractivity contribution >= 4 is 0 Å². The second-order valence-corrected chi connectivity index (χ2v) is 10.2. The molecule has 12 atom stereocenters. The zero-order valence-electron chi connectivity index (χ0n) is 17.2. The molecular formula is C21H36O8. The molecule has 0 amide bonds. The van der Waals surface area contributed by atoms with Gasteiger partial charge in [0.25, 0.3) is 0 Å². The van der Waals surface area contributed by atoms with Crippen LogP contribution in [0.25, 0.3) is 0 Å². The molecule has 4 rings (SSSR count). The Morgan fingerprint density at radius 3 is 2.34 bits per heavy atom. The normalized spacial score (nSPS) is 57.1. The summed E-state index contributed by atoms with van der Waals surface area (Å²) in [5, 5.41) is 60.9. The van der Waals surface area contributed by atoms with Gasteiger partial charge in [-0.05, 0) is 60.7 Å². The largest absolute Gasteiger partial charge is 0.396 e. The Bertz CT molecular complexity index is 601. The number of hydrogen-bond acceptors (Lipinski definition) is 8. The van der Waals surface area contributed by atoms with Crippen molar-refractivity contribution in [2.75, 3.05) is 19.8 Å². The standard InChI is InChI=1S/C21H36O8/c1-10-5-6-21(27,11-3-4-12-15(14(10)11)20(12,2)8-23)9-28-19-18(26)17(25)16(24)13(7-22)29-19/h10-19,22-27H,3-9H2,1-2H3/t10-,11-,12-,13-,14-,15-,16+,17-,18-,19-,20+,21-/m1/s1. The molecule has 0 radical (unpaired) electrons. The topological polar surface area (TPSA) is 140 Å². The van der Waals surface area contributed by atoms with Gasteiger partial charge in [0.05, 0.1) is 18.8 Å². The maximum atomic E-state index is 11.5. The molecule has 0 spiro atoms. The van der Waals surface area contributed by atoms with Crippen LogP contribution in [0.1, 0.15) is 39.5 Å². The maximum absolute atomic E-state index is 11.5. The van der Waals surface area contributed by atoms with E-state index in [-0.39, 0.29) is 24.5 Å². The summed E-state index contributed by atoms with van der Waals surface area (Å²) in [4.78, 5) is 0. The zero-order chi connectivity index (χ0) is 21.1. The number of ether oxygens (including phenoxy) is 2. The highest BCUT2D eigenvalue weighted by molar-refractivity contribution is 5.17. The molecule has 3 aliphatic carbocycles. The van der Waals surface area contributed by atoms with Crippen molar-refractivity contribution in [3.05, 3.63) is 0 Å². The fourth-order valence-corrected chi connectivity index (χ4v) is 6.78. The molecule has 0 bridgehead atoms. The summed E-state index contributed by atoms with van der Waals surface area (Å²) in [6.45, 7) is 4.00. The van der Waals surface area contributed by atoms with Gasteiger partial charge in [0, 0.05) is 6.61 Å². The van der Waals surface area contributed by atoms with E-state index in [9.17, 15) is 30.6 Å². The SMILES string of the molecule is C[C@@H]1CC[C@@](O)(CO[C@@H]2O[C@H](CO)[C@H](O)[C@@H](O)[C@H]2O)[C@@H]2CC[C@@H]3[C@H]([C@H]12)[C@@]3(C)CO. The molecule has 6 N–H and O–H groups in total. The third kappa shape index (κ3) is 3.36. The average Bonchev–Trinajstić information content (AvgIpc) is 3.34. The van der Waals surface area contributed by atoms with E-state index in [1.165, 1.54) is 0 Å². The minimum absolute atomic E-state index is 0.0448. The van der Waals surface area contributed by atoms with E-state index in [1.54, 1.807) is 0 Å². The van der Waals surface area contributed by atoms with Crippen LogP contribution in [0.5, 0.6) is 0 Å². The smallest absolute Gasteiger partial charge is 0.186 e. The summed E-state index contributed by atoms with van der Waals surface area (Å²) in [5.41, 5.74) is -1.12. The van der Waals surface area contributed by atoms with E-state index >= 15 is 0 Å². The highest BCUT2D eigenvalue weighted by Crippen LogP contribution is 2.71. The number of aliphatic hydroxyl groups excluding tert-OH is 5. The average molecular weight is 417 g/mol. The molecule has 29 heavy (non-hydrogen) atoms. The van der Waals surface area contributed by atoms with Crippen LogP contribution < -0.4 is 0 Å². The molecule has 1 saturated heterocycles. The van der Waals surface area contributed by atoms with Crippen LogP contribution in [0.4, 0.5) is 0 Å². The van der Waals surface area contributed by atoms with E-state index in [1.807, 2.05) is 0 Å². The first-order chi connectivity index (χ1) is 13.7. The monoisotopic (exact) mass is 416 g/mol. The van der Waals surface area contributed by atoms with E-state index in [0.717, 1.165) is 19.3 Å². The molecule has 4 fully saturated rings. The van der Waals surface area contributed by atoms with Gasteiger partial charge in [-0.2, -0.15) is 0 Å². The second-order valence-electron chi connectivity index (χ2n) is 10.2. The van der Waals surface area contributed by atoms with Crippen LogP contribution in [-0.4, -0.2) is 86.8 Å². The van der Waals surface area contributed by atoms with E-state index < -0.39 is 42.9 Å². The number of rotatable bonds is 5. The van der Waals surface area contributed by atoms with Crippen LogP contribution in [-0.2, 0) is 9.47 Å². The third-order valence-electron chi connectivity index (χ3n) is 8.67. The number of aliphatic hydroxyl groups is 6. The van der Waals surface area contributed by atoms with Crippen LogP contribution >= 0.6 is 0 Å². The summed E-state index contributed by atoms with van der Waals surface area (Å²) in [6, 6.07) is 0. The Morgan fingerprint density at radius 1 is 1.00 bits per heavy atom. The fraction of sp³-hybridized carbons (Fsp3) is 1.00. The molecule has 0 aromatic rings. The van der Waals surface area contributed by atoms with E-state index in [2.05, 4.69) is 13.8 Å². The minimum Gasteiger partial charge on any atom is -0.396 e. The van der Waals surface area contributed by atoms with Gasteiger partial charge < -0.3 is 40.1 Å². The highest BCUT2D eigenvalue weighted by Gasteiger charge is 2.69. The number of hydrogen-bond donors (Lipinski definition) is 6. The lowest BCUT2D eigenvalue weighted by molar-refractivity contribution is -0.313. The fourth-order valence-electron chi connectivity index (χ4n) is 6.78. The van der Waals surface area contributed by atoms with E-state index in [0.29, 0.717) is 30.1 Å². The predicted molar refractivity (Wildman–Crippen MR) is 101 cm³/mol. The summed E-state index contributed by atoms with van der Waals surface area (Å²) in [6.07, 6.45) is -3.34. The quantitative estimate of drug-likeness (QED) is 0.344. The Labute approximate surface area is 171 Å². The van der Waals surface area contributed by atoms with Gasteiger partial charge in [0.1, 0.15) is 24.4 Å². The van der Waals surface area contributed by atoms with Crippen molar-refractivity contribution in [3.63, 3.8) is 0 Å². The molecule has 8 heteroatoms. The lowest BCUT2D eigenvalue weighted by Gasteiger charge is -2.50. The van der Waals surface area contributed by atoms with Gasteiger partial charge in [-0.25, -0.2) is 0 Å². The Hall–Kier alpha value is -0.320. The van der Waals surface area contributed by atoms with Crippen molar-refractivity contribution in [3.8, 4) is 0 Å². The Kier molecular flexibility index (Phi) is 5.79. The minimum atomic E-state index is -1.49. The highest BCUT2D eigenvalue weighted by atomic mass is 16.7. The molecule has 168 valence electrons. The van der Waals surface area contributed by atoms with Gasteiger partial charge in [-0.1, -0.05) is 13.8 Å². The lowest BCUT2D eigenvalue weighted by Crippen LogP contribution is -2.60. The molecule has 0 aromatic heterocycles. The Morgan fingerprint density at radius 2 is 1.69 bits per heavy atom. The Balaban J connectivity index is 1.46. The molecule has 1 aliphatic heterocycles. The third-order valence-corrected chi connectivity index (χ3v) is 8.67. The molecule has 3 saturated carbocycles. The maximum Gasteiger partial charge on any atom is 0.186 e. The van der Waals surface area contributed by atoms with Gasteiger partial charge in [0.15, 0.2) is 6.29 Å². The molecule has 0 aromatic carbocycles. The first-order valence-electron chi connectivity index (χ1n) is 10.9. The summed E-state index contributed by atoms with van der Waals surface area (Å²) in [7, 11) is 0. The van der Waals surface area contributed by atoms with Crippen LogP contribution in [0, 0.1) is 35.0 Å². The van der Waals surface area contributed by atoms with Gasteiger partial charge >= 0.3 is 0 Å². The first kappa shape index (κ1) is 21.9. The molecule has 4 aliphatic rings. The van der Waals surface area contributed by atoms with E-state index in [4.69, 9.17) is 9.47 Å². The van der Waals surface area contributed by atoms with Crippen LogP contribution in [0.15, 0.2) is 0 Å². The van der Waals surface area contributed by atoms with Gasteiger partial charge in [-0.15, -0.1) is 0 Å². The predicted octanol–water partition coefficient (Wildman–Crippen LogP) is -0.765. The lowest BCUT2D eigenvalue weighted by atomic mass is 9.59. The van der Waals surface area contributed by atoms with Crippen LogP contribution in [0.3, 0.4) is 0 Å². The van der Waals surface area contributed by atoms with Gasteiger partial charge in [0.2, 0.25) is 0 Å². The summed E-state index contributed by atoms with van der Waals surface area (Å²) in [5.74, 6) is 1.77. The van der Waals surface area contributed by atoms with Crippen molar-refractivity contribution in [2.24, 2.45) is 35.0 Å². The molecule has 0 unspecified atom stereocenters.